The zero-order valence-corrected chi connectivity index (χ0v) is 14.8. The second-order valence-electron chi connectivity index (χ2n) is 7.44. The molecule has 0 radical (unpaired) electrons. The predicted molar refractivity (Wildman–Crippen MR) is 88.0 cm³/mol. The molecule has 0 amide bonds. The van der Waals surface area contributed by atoms with Crippen molar-refractivity contribution in [2.75, 3.05) is 0 Å². The van der Waals surface area contributed by atoms with Crippen molar-refractivity contribution in [3.05, 3.63) is 22.3 Å². The van der Waals surface area contributed by atoms with E-state index in [4.69, 9.17) is 0 Å². The van der Waals surface area contributed by atoms with Crippen LogP contribution in [0, 0.1) is 23.7 Å². The molecule has 0 bridgehead atoms. The molecule has 0 fully saturated rings. The SMILES string of the molecule is CC(C)CC1=C(C(C)C)C(=O)C(C(C)C)=C(C(C)C)C1=O. The molecule has 0 saturated carbocycles. The van der Waals surface area contributed by atoms with Gasteiger partial charge in [-0.15, -0.1) is 0 Å². The topological polar surface area (TPSA) is 34.1 Å². The van der Waals surface area contributed by atoms with Crippen LogP contribution in [0.2, 0.25) is 0 Å². The first-order chi connectivity index (χ1) is 9.59. The van der Waals surface area contributed by atoms with Crippen molar-refractivity contribution in [3.8, 4) is 0 Å². The van der Waals surface area contributed by atoms with Gasteiger partial charge < -0.3 is 0 Å². The third kappa shape index (κ3) is 3.53. The molecule has 0 aliphatic heterocycles. The van der Waals surface area contributed by atoms with Crippen LogP contribution < -0.4 is 0 Å². The van der Waals surface area contributed by atoms with Gasteiger partial charge in [0.2, 0.25) is 0 Å². The number of hydrogen-bond donors (Lipinski definition) is 0. The number of rotatable bonds is 5. The lowest BCUT2D eigenvalue weighted by molar-refractivity contribution is -0.117. The molecule has 1 aliphatic rings. The fourth-order valence-electron chi connectivity index (χ4n) is 3.18. The Balaban J connectivity index is 3.55. The Kier molecular flexibility index (Phi) is 5.72. The summed E-state index contributed by atoms with van der Waals surface area (Å²) >= 11 is 0. The van der Waals surface area contributed by atoms with Gasteiger partial charge in [0.25, 0.3) is 0 Å². The van der Waals surface area contributed by atoms with Gasteiger partial charge in [-0.25, -0.2) is 0 Å². The summed E-state index contributed by atoms with van der Waals surface area (Å²) in [7, 11) is 0. The van der Waals surface area contributed by atoms with Gasteiger partial charge in [0, 0.05) is 22.3 Å². The van der Waals surface area contributed by atoms with Gasteiger partial charge in [-0.2, -0.15) is 0 Å². The monoisotopic (exact) mass is 290 g/mol. The van der Waals surface area contributed by atoms with Gasteiger partial charge in [-0.3, -0.25) is 9.59 Å². The largest absolute Gasteiger partial charge is 0.289 e. The molecule has 0 unspecified atom stereocenters. The zero-order chi connectivity index (χ0) is 16.5. The third-order valence-corrected chi connectivity index (χ3v) is 3.97. The molecule has 118 valence electrons. The Hall–Kier alpha value is -1.18. The molecule has 0 atom stereocenters. The highest BCUT2D eigenvalue weighted by Crippen LogP contribution is 2.37. The van der Waals surface area contributed by atoms with Gasteiger partial charge in [-0.05, 0) is 30.1 Å². The fourth-order valence-corrected chi connectivity index (χ4v) is 3.18. The smallest absolute Gasteiger partial charge is 0.186 e. The van der Waals surface area contributed by atoms with E-state index in [1.54, 1.807) is 0 Å². The van der Waals surface area contributed by atoms with E-state index in [2.05, 4.69) is 13.8 Å². The van der Waals surface area contributed by atoms with Gasteiger partial charge in [0.05, 0.1) is 0 Å². The average Bonchev–Trinajstić information content (AvgIpc) is 2.30. The molecular weight excluding hydrogens is 260 g/mol. The number of allylic oxidation sites excluding steroid dienone is 4. The van der Waals surface area contributed by atoms with Crippen molar-refractivity contribution in [1.82, 2.24) is 0 Å². The van der Waals surface area contributed by atoms with E-state index in [1.807, 2.05) is 41.5 Å². The second kappa shape index (κ2) is 6.72. The van der Waals surface area contributed by atoms with E-state index >= 15 is 0 Å². The summed E-state index contributed by atoms with van der Waals surface area (Å²) in [5.41, 5.74) is 3.00. The van der Waals surface area contributed by atoms with Gasteiger partial charge in [0.15, 0.2) is 11.6 Å². The quantitative estimate of drug-likeness (QED) is 0.685. The molecular formula is C19H30O2. The molecule has 0 aromatic carbocycles. The van der Waals surface area contributed by atoms with Gasteiger partial charge in [-0.1, -0.05) is 55.4 Å². The third-order valence-electron chi connectivity index (χ3n) is 3.97. The van der Waals surface area contributed by atoms with Crippen molar-refractivity contribution in [3.63, 3.8) is 0 Å². The zero-order valence-electron chi connectivity index (χ0n) is 14.8. The molecule has 0 heterocycles. The first-order valence-corrected chi connectivity index (χ1v) is 8.15. The summed E-state index contributed by atoms with van der Waals surface area (Å²) in [6, 6.07) is 0. The van der Waals surface area contributed by atoms with Crippen molar-refractivity contribution in [1.29, 1.82) is 0 Å². The maximum atomic E-state index is 13.0. The van der Waals surface area contributed by atoms with Crippen LogP contribution in [0.15, 0.2) is 22.3 Å². The van der Waals surface area contributed by atoms with Crippen molar-refractivity contribution in [2.24, 2.45) is 23.7 Å². The molecule has 1 aliphatic carbocycles. The highest BCUT2D eigenvalue weighted by molar-refractivity contribution is 6.25. The van der Waals surface area contributed by atoms with E-state index in [0.717, 1.165) is 22.3 Å². The molecule has 2 nitrogen and oxygen atoms in total. The highest BCUT2D eigenvalue weighted by atomic mass is 16.1. The molecule has 0 aromatic rings. The van der Waals surface area contributed by atoms with Gasteiger partial charge in [0.1, 0.15) is 0 Å². The highest BCUT2D eigenvalue weighted by Gasteiger charge is 2.37. The minimum absolute atomic E-state index is 0.0909. The maximum Gasteiger partial charge on any atom is 0.186 e. The van der Waals surface area contributed by atoms with E-state index in [0.29, 0.717) is 12.3 Å². The van der Waals surface area contributed by atoms with Crippen LogP contribution >= 0.6 is 0 Å². The van der Waals surface area contributed by atoms with E-state index in [9.17, 15) is 9.59 Å². The van der Waals surface area contributed by atoms with Crippen molar-refractivity contribution < 1.29 is 9.59 Å². The first-order valence-electron chi connectivity index (χ1n) is 8.15. The number of carbonyl (C=O) groups excluding carboxylic acids is 2. The molecule has 0 spiro atoms. The van der Waals surface area contributed by atoms with E-state index < -0.39 is 0 Å². The first kappa shape index (κ1) is 17.9. The molecule has 0 aromatic heterocycles. The Morgan fingerprint density at radius 1 is 0.619 bits per heavy atom. The Labute approximate surface area is 129 Å². The summed E-state index contributed by atoms with van der Waals surface area (Å²) in [5, 5.41) is 0. The molecule has 0 N–H and O–H groups in total. The lowest BCUT2D eigenvalue weighted by Gasteiger charge is -2.30. The summed E-state index contributed by atoms with van der Waals surface area (Å²) in [6.45, 7) is 16.3. The molecule has 21 heavy (non-hydrogen) atoms. The fraction of sp³-hybridized carbons (Fsp3) is 0.684. The molecule has 1 rings (SSSR count). The van der Waals surface area contributed by atoms with Crippen LogP contribution in [-0.2, 0) is 9.59 Å². The summed E-state index contributed by atoms with van der Waals surface area (Å²) in [4.78, 5) is 26.0. The Bertz CT molecular complexity index is 500. The van der Waals surface area contributed by atoms with E-state index in [1.165, 1.54) is 0 Å². The minimum Gasteiger partial charge on any atom is -0.289 e. The summed E-state index contributed by atoms with van der Waals surface area (Å²) in [5.74, 6) is 0.879. The van der Waals surface area contributed by atoms with Crippen LogP contribution in [0.25, 0.3) is 0 Å². The minimum atomic E-state index is 0.0909. The van der Waals surface area contributed by atoms with Crippen LogP contribution in [0.3, 0.4) is 0 Å². The molecule has 2 heteroatoms. The number of Topliss-reactive ketones (excluding diaryl/α,β-unsaturated/α-hetero) is 2. The van der Waals surface area contributed by atoms with Crippen molar-refractivity contribution >= 4 is 11.6 Å². The normalized spacial score (nSPS) is 17.3. The van der Waals surface area contributed by atoms with Crippen LogP contribution in [0.1, 0.15) is 61.8 Å². The van der Waals surface area contributed by atoms with E-state index in [-0.39, 0.29) is 29.3 Å². The van der Waals surface area contributed by atoms with Crippen LogP contribution in [0.4, 0.5) is 0 Å². The second-order valence-corrected chi connectivity index (χ2v) is 7.44. The maximum absolute atomic E-state index is 13.0. The lowest BCUT2D eigenvalue weighted by Crippen LogP contribution is -2.31. The van der Waals surface area contributed by atoms with Crippen LogP contribution in [-0.4, -0.2) is 11.6 Å². The number of carbonyl (C=O) groups is 2. The average molecular weight is 290 g/mol. The predicted octanol–water partition coefficient (Wildman–Crippen LogP) is 4.75. The van der Waals surface area contributed by atoms with Crippen molar-refractivity contribution in [2.45, 2.75) is 61.8 Å². The number of hydrogen-bond acceptors (Lipinski definition) is 2. The standard InChI is InChI=1S/C19H30O2/c1-10(2)9-14-15(11(3)4)19(21)17(13(7)8)16(12(5)6)18(14)20/h10-13H,9H2,1-8H3. The Morgan fingerprint density at radius 3 is 1.33 bits per heavy atom. The summed E-state index contributed by atoms with van der Waals surface area (Å²) < 4.78 is 0. The lowest BCUT2D eigenvalue weighted by atomic mass is 9.72. The van der Waals surface area contributed by atoms with Crippen LogP contribution in [0.5, 0.6) is 0 Å². The Morgan fingerprint density at radius 2 is 1.00 bits per heavy atom. The van der Waals surface area contributed by atoms with Gasteiger partial charge >= 0.3 is 0 Å². The molecule has 0 saturated heterocycles. The number of ketones is 2. The summed E-state index contributed by atoms with van der Waals surface area (Å²) in [6.07, 6.45) is 0.694.